The van der Waals surface area contributed by atoms with Crippen LogP contribution >= 0.6 is 0 Å². The Labute approximate surface area is 90.8 Å². The van der Waals surface area contributed by atoms with Crippen LogP contribution in [-0.4, -0.2) is 20.2 Å². The number of para-hydroxylation sites is 1. The largest absolute Gasteiger partial charge is 0.374 e. The molecule has 2 heterocycles. The highest BCUT2D eigenvalue weighted by Crippen LogP contribution is 2.42. The second-order valence-corrected chi connectivity index (χ2v) is 4.63. The monoisotopic (exact) mass is 203 g/mol. The lowest BCUT2D eigenvalue weighted by molar-refractivity contribution is -0.0287. The smallest absolute Gasteiger partial charge is 0.0889 e. The van der Waals surface area contributed by atoms with Crippen molar-refractivity contribution < 1.29 is 4.74 Å². The molecule has 0 bridgehead atoms. The summed E-state index contributed by atoms with van der Waals surface area (Å²) in [6, 6.07) is 8.64. The molecule has 0 saturated carbocycles. The molecule has 0 N–H and O–H groups in total. The van der Waals surface area contributed by atoms with E-state index in [1.807, 2.05) is 0 Å². The normalized spacial score (nSPS) is 29.5. The van der Waals surface area contributed by atoms with Gasteiger partial charge in [-0.05, 0) is 18.9 Å². The summed E-state index contributed by atoms with van der Waals surface area (Å²) < 4.78 is 5.93. The first kappa shape index (κ1) is 9.22. The molecule has 15 heavy (non-hydrogen) atoms. The predicted molar refractivity (Wildman–Crippen MR) is 61.1 cm³/mol. The van der Waals surface area contributed by atoms with E-state index in [0.29, 0.717) is 12.0 Å². The molecule has 0 aliphatic carbocycles. The van der Waals surface area contributed by atoms with E-state index in [4.69, 9.17) is 4.74 Å². The first-order chi connectivity index (χ1) is 7.36. The molecule has 0 amide bonds. The van der Waals surface area contributed by atoms with Crippen LogP contribution in [0.2, 0.25) is 0 Å². The van der Waals surface area contributed by atoms with Gasteiger partial charge in [0.1, 0.15) is 0 Å². The Morgan fingerprint density at radius 2 is 2.20 bits per heavy atom. The van der Waals surface area contributed by atoms with Gasteiger partial charge in [0.15, 0.2) is 0 Å². The van der Waals surface area contributed by atoms with Gasteiger partial charge >= 0.3 is 0 Å². The quantitative estimate of drug-likeness (QED) is 0.642. The van der Waals surface area contributed by atoms with Crippen LogP contribution in [0.4, 0.5) is 5.69 Å². The van der Waals surface area contributed by atoms with E-state index in [1.165, 1.54) is 24.1 Å². The summed E-state index contributed by atoms with van der Waals surface area (Å²) in [6.07, 6.45) is 2.88. The number of benzene rings is 1. The topological polar surface area (TPSA) is 12.5 Å². The number of rotatable bonds is 0. The van der Waals surface area contributed by atoms with Gasteiger partial charge in [-0.2, -0.15) is 0 Å². The first-order valence-electron chi connectivity index (χ1n) is 5.78. The van der Waals surface area contributed by atoms with Gasteiger partial charge in [-0.25, -0.2) is 0 Å². The highest BCUT2D eigenvalue weighted by Gasteiger charge is 2.34. The molecule has 2 aliphatic heterocycles. The summed E-state index contributed by atoms with van der Waals surface area (Å²) in [5.74, 6) is 0.693. The third-order valence-electron chi connectivity index (χ3n) is 3.61. The van der Waals surface area contributed by atoms with Crippen molar-refractivity contribution in [1.82, 2.24) is 0 Å². The Morgan fingerprint density at radius 1 is 1.33 bits per heavy atom. The summed E-state index contributed by atoms with van der Waals surface area (Å²) in [4.78, 5) is 2.37. The minimum absolute atomic E-state index is 0.353. The third-order valence-corrected chi connectivity index (χ3v) is 3.61. The van der Waals surface area contributed by atoms with Gasteiger partial charge in [0.2, 0.25) is 0 Å². The Bertz CT molecular complexity index is 363. The third kappa shape index (κ3) is 1.44. The zero-order valence-electron chi connectivity index (χ0n) is 9.15. The van der Waals surface area contributed by atoms with Gasteiger partial charge < -0.3 is 9.64 Å². The first-order valence-corrected chi connectivity index (χ1v) is 5.78. The van der Waals surface area contributed by atoms with Crippen molar-refractivity contribution in [3.05, 3.63) is 29.8 Å². The highest BCUT2D eigenvalue weighted by atomic mass is 16.5. The summed E-state index contributed by atoms with van der Waals surface area (Å²) in [5.41, 5.74) is 2.73. The molecule has 0 aromatic heterocycles. The second kappa shape index (κ2) is 3.53. The van der Waals surface area contributed by atoms with Crippen LogP contribution in [0, 0.1) is 5.92 Å². The van der Waals surface area contributed by atoms with E-state index in [-0.39, 0.29) is 0 Å². The number of hydrogen-bond acceptors (Lipinski definition) is 2. The van der Waals surface area contributed by atoms with Crippen LogP contribution in [0.25, 0.3) is 0 Å². The van der Waals surface area contributed by atoms with Crippen LogP contribution in [-0.2, 0) is 4.74 Å². The van der Waals surface area contributed by atoms with Crippen LogP contribution in [0.5, 0.6) is 0 Å². The minimum Gasteiger partial charge on any atom is -0.374 e. The molecule has 2 atom stereocenters. The van der Waals surface area contributed by atoms with Crippen LogP contribution < -0.4 is 4.90 Å². The molecule has 1 saturated heterocycles. The fourth-order valence-corrected chi connectivity index (χ4v) is 2.90. The van der Waals surface area contributed by atoms with Crippen molar-refractivity contribution >= 4 is 5.69 Å². The average molecular weight is 203 g/mol. The minimum atomic E-state index is 0.353. The predicted octanol–water partition coefficient (Wildman–Crippen LogP) is 2.60. The van der Waals surface area contributed by atoms with Gasteiger partial charge in [-0.3, -0.25) is 0 Å². The molecule has 2 heteroatoms. The van der Waals surface area contributed by atoms with Crippen LogP contribution in [0.3, 0.4) is 0 Å². The number of hydrogen-bond donors (Lipinski definition) is 0. The van der Waals surface area contributed by atoms with Crippen molar-refractivity contribution in [3.8, 4) is 0 Å². The van der Waals surface area contributed by atoms with E-state index >= 15 is 0 Å². The van der Waals surface area contributed by atoms with Gasteiger partial charge in [0, 0.05) is 37.4 Å². The zero-order chi connectivity index (χ0) is 10.3. The lowest BCUT2D eigenvalue weighted by atomic mass is 9.85. The summed E-state index contributed by atoms with van der Waals surface area (Å²) in [5, 5.41) is 0. The lowest BCUT2D eigenvalue weighted by Gasteiger charge is -2.41. The van der Waals surface area contributed by atoms with Crippen molar-refractivity contribution in [2.24, 2.45) is 5.92 Å². The second-order valence-electron chi connectivity index (χ2n) is 4.63. The lowest BCUT2D eigenvalue weighted by Crippen LogP contribution is -2.38. The summed E-state index contributed by atoms with van der Waals surface area (Å²) in [6.45, 7) is 2.07. The Balaban J connectivity index is 2.03. The van der Waals surface area contributed by atoms with Crippen LogP contribution in [0.15, 0.2) is 24.3 Å². The molecule has 3 rings (SSSR count). The van der Waals surface area contributed by atoms with Crippen molar-refractivity contribution in [2.45, 2.75) is 18.9 Å². The molecule has 1 aromatic carbocycles. The molecule has 1 aromatic rings. The van der Waals surface area contributed by atoms with E-state index in [9.17, 15) is 0 Å². The summed E-state index contributed by atoms with van der Waals surface area (Å²) in [7, 11) is 2.18. The molecule has 2 aliphatic rings. The van der Waals surface area contributed by atoms with Gasteiger partial charge in [0.05, 0.1) is 6.10 Å². The number of ether oxygens (including phenoxy) is 1. The standard InChI is InChI=1S/C13H17NO/c1-14-9-10-5-4-8-15-13(10)11-6-2-3-7-12(11)14/h2-3,6-7,10,13H,4-5,8-9H2,1H3/t10-,13-/m0/s1. The maximum Gasteiger partial charge on any atom is 0.0889 e. The molecule has 0 unspecified atom stereocenters. The maximum atomic E-state index is 5.93. The number of fused-ring (bicyclic) bond motifs is 3. The van der Waals surface area contributed by atoms with E-state index in [2.05, 4.69) is 36.2 Å². The van der Waals surface area contributed by atoms with Crippen molar-refractivity contribution in [2.75, 3.05) is 25.1 Å². The SMILES string of the molecule is CN1C[C@@H]2CCCO[C@@H]2c2ccccc21. The fourth-order valence-electron chi connectivity index (χ4n) is 2.90. The summed E-state index contributed by atoms with van der Waals surface area (Å²) >= 11 is 0. The molecular weight excluding hydrogens is 186 g/mol. The molecule has 0 spiro atoms. The number of anilines is 1. The van der Waals surface area contributed by atoms with E-state index in [1.54, 1.807) is 0 Å². The van der Waals surface area contributed by atoms with E-state index in [0.717, 1.165) is 13.2 Å². The van der Waals surface area contributed by atoms with Gasteiger partial charge in [-0.1, -0.05) is 18.2 Å². The Hall–Kier alpha value is -1.02. The molecule has 80 valence electrons. The Morgan fingerprint density at radius 3 is 3.13 bits per heavy atom. The zero-order valence-corrected chi connectivity index (χ0v) is 9.15. The van der Waals surface area contributed by atoms with E-state index < -0.39 is 0 Å². The average Bonchev–Trinajstić information content (AvgIpc) is 2.30. The van der Waals surface area contributed by atoms with Gasteiger partial charge in [-0.15, -0.1) is 0 Å². The van der Waals surface area contributed by atoms with Crippen molar-refractivity contribution in [1.29, 1.82) is 0 Å². The molecule has 2 nitrogen and oxygen atoms in total. The van der Waals surface area contributed by atoms with Crippen molar-refractivity contribution in [3.63, 3.8) is 0 Å². The number of nitrogens with zero attached hydrogens (tertiary/aromatic N) is 1. The highest BCUT2D eigenvalue weighted by molar-refractivity contribution is 5.56. The Kier molecular flexibility index (Phi) is 2.17. The molecular formula is C13H17NO. The van der Waals surface area contributed by atoms with Crippen LogP contribution in [0.1, 0.15) is 24.5 Å². The molecule has 0 radical (unpaired) electrons. The maximum absolute atomic E-state index is 5.93. The van der Waals surface area contributed by atoms with Gasteiger partial charge in [0.25, 0.3) is 0 Å². The fraction of sp³-hybridized carbons (Fsp3) is 0.538. The molecule has 1 fully saturated rings.